The normalized spacial score (nSPS) is 15.0. The van der Waals surface area contributed by atoms with Crippen LogP contribution in [0.1, 0.15) is 31.0 Å². The molecule has 0 bridgehead atoms. The molecule has 2 aromatic rings. The number of rotatable bonds is 4. The van der Waals surface area contributed by atoms with E-state index in [4.69, 9.17) is 17.3 Å². The first-order chi connectivity index (χ1) is 9.91. The highest BCUT2D eigenvalue weighted by Gasteiger charge is 2.31. The Kier molecular flexibility index (Phi) is 4.66. The molecule has 1 amide bonds. The lowest BCUT2D eigenvalue weighted by Crippen LogP contribution is -2.49. The van der Waals surface area contributed by atoms with Crippen LogP contribution in [0.2, 0.25) is 5.02 Å². The third-order valence-electron chi connectivity index (χ3n) is 3.54. The number of amides is 1. The van der Waals surface area contributed by atoms with Gasteiger partial charge in [-0.15, -0.1) is 0 Å². The van der Waals surface area contributed by atoms with E-state index in [9.17, 15) is 4.79 Å². The summed E-state index contributed by atoms with van der Waals surface area (Å²) in [6.07, 6.45) is 0. The number of benzene rings is 2. The van der Waals surface area contributed by atoms with Crippen molar-refractivity contribution >= 4 is 17.5 Å². The van der Waals surface area contributed by atoms with Crippen LogP contribution < -0.4 is 11.1 Å². The molecule has 1 unspecified atom stereocenters. The number of nitrogens with two attached hydrogens (primary N) is 1. The SMILES string of the molecule is C[C@H](NC(=O)C(C)(N)c1ccccc1)c1cccc(Cl)c1. The van der Waals surface area contributed by atoms with Gasteiger partial charge < -0.3 is 11.1 Å². The molecule has 0 aliphatic rings. The minimum Gasteiger partial charge on any atom is -0.348 e. The molecule has 0 aliphatic heterocycles. The van der Waals surface area contributed by atoms with Crippen LogP contribution in [0, 0.1) is 0 Å². The number of hydrogen-bond acceptors (Lipinski definition) is 2. The van der Waals surface area contributed by atoms with Crippen molar-refractivity contribution < 1.29 is 4.79 Å². The van der Waals surface area contributed by atoms with Crippen LogP contribution in [-0.2, 0) is 10.3 Å². The Morgan fingerprint density at radius 1 is 1.19 bits per heavy atom. The molecule has 0 spiro atoms. The quantitative estimate of drug-likeness (QED) is 0.909. The summed E-state index contributed by atoms with van der Waals surface area (Å²) >= 11 is 5.97. The Morgan fingerprint density at radius 2 is 1.86 bits per heavy atom. The van der Waals surface area contributed by atoms with Crippen molar-refractivity contribution in [3.8, 4) is 0 Å². The molecule has 2 rings (SSSR count). The lowest BCUT2D eigenvalue weighted by molar-refractivity contribution is -0.126. The van der Waals surface area contributed by atoms with Gasteiger partial charge in [-0.2, -0.15) is 0 Å². The summed E-state index contributed by atoms with van der Waals surface area (Å²) in [5.74, 6) is -0.221. The maximum Gasteiger partial charge on any atom is 0.244 e. The summed E-state index contributed by atoms with van der Waals surface area (Å²) in [7, 11) is 0. The van der Waals surface area contributed by atoms with Gasteiger partial charge >= 0.3 is 0 Å². The highest BCUT2D eigenvalue weighted by molar-refractivity contribution is 6.30. The highest BCUT2D eigenvalue weighted by Crippen LogP contribution is 2.21. The van der Waals surface area contributed by atoms with Crippen molar-refractivity contribution in [3.63, 3.8) is 0 Å². The van der Waals surface area contributed by atoms with Gasteiger partial charge in [0.15, 0.2) is 0 Å². The fraction of sp³-hybridized carbons (Fsp3) is 0.235. The van der Waals surface area contributed by atoms with Gasteiger partial charge in [-0.1, -0.05) is 54.1 Å². The van der Waals surface area contributed by atoms with Crippen LogP contribution in [0.3, 0.4) is 0 Å². The molecule has 21 heavy (non-hydrogen) atoms. The molecule has 0 saturated carbocycles. The van der Waals surface area contributed by atoms with Crippen LogP contribution in [0.15, 0.2) is 54.6 Å². The van der Waals surface area contributed by atoms with E-state index < -0.39 is 5.54 Å². The van der Waals surface area contributed by atoms with Crippen LogP contribution in [0.25, 0.3) is 0 Å². The van der Waals surface area contributed by atoms with Crippen LogP contribution in [0.4, 0.5) is 0 Å². The third-order valence-corrected chi connectivity index (χ3v) is 3.78. The molecule has 0 fully saturated rings. The van der Waals surface area contributed by atoms with Crippen molar-refractivity contribution in [1.29, 1.82) is 0 Å². The summed E-state index contributed by atoms with van der Waals surface area (Å²) in [5.41, 5.74) is 6.85. The van der Waals surface area contributed by atoms with Crippen LogP contribution >= 0.6 is 11.6 Å². The van der Waals surface area contributed by atoms with Crippen molar-refractivity contribution in [2.45, 2.75) is 25.4 Å². The van der Waals surface area contributed by atoms with E-state index in [0.717, 1.165) is 11.1 Å². The number of carbonyl (C=O) groups excluding carboxylic acids is 1. The molecule has 0 saturated heterocycles. The summed E-state index contributed by atoms with van der Waals surface area (Å²) < 4.78 is 0. The van der Waals surface area contributed by atoms with Gasteiger partial charge in [-0.25, -0.2) is 0 Å². The minimum absolute atomic E-state index is 0.164. The average Bonchev–Trinajstić information content (AvgIpc) is 2.48. The summed E-state index contributed by atoms with van der Waals surface area (Å²) in [4.78, 5) is 12.5. The standard InChI is InChI=1S/C17H19ClN2O/c1-12(13-7-6-10-15(18)11-13)20-16(21)17(2,19)14-8-4-3-5-9-14/h3-12H,19H2,1-2H3,(H,20,21)/t12-,17?/m0/s1. The fourth-order valence-corrected chi connectivity index (χ4v) is 2.32. The van der Waals surface area contributed by atoms with Gasteiger partial charge in [0, 0.05) is 5.02 Å². The molecule has 2 aromatic carbocycles. The number of nitrogens with one attached hydrogen (secondary N) is 1. The number of halogens is 1. The average molecular weight is 303 g/mol. The number of hydrogen-bond donors (Lipinski definition) is 2. The molecular formula is C17H19ClN2O. The van der Waals surface area contributed by atoms with Crippen molar-refractivity contribution in [2.75, 3.05) is 0 Å². The molecule has 3 N–H and O–H groups in total. The smallest absolute Gasteiger partial charge is 0.244 e. The maximum atomic E-state index is 12.5. The van der Waals surface area contributed by atoms with Crippen molar-refractivity contribution in [1.82, 2.24) is 5.32 Å². The van der Waals surface area contributed by atoms with Crippen LogP contribution in [-0.4, -0.2) is 5.91 Å². The molecule has 3 nitrogen and oxygen atoms in total. The highest BCUT2D eigenvalue weighted by atomic mass is 35.5. The molecule has 0 aromatic heterocycles. The predicted molar refractivity (Wildman–Crippen MR) is 86.0 cm³/mol. The largest absolute Gasteiger partial charge is 0.348 e. The van der Waals surface area contributed by atoms with E-state index in [0.29, 0.717) is 5.02 Å². The van der Waals surface area contributed by atoms with Crippen molar-refractivity contribution in [2.24, 2.45) is 5.73 Å². The van der Waals surface area contributed by atoms with E-state index in [-0.39, 0.29) is 11.9 Å². The maximum absolute atomic E-state index is 12.5. The van der Waals surface area contributed by atoms with Crippen LogP contribution in [0.5, 0.6) is 0 Å². The second-order valence-electron chi connectivity index (χ2n) is 5.32. The summed E-state index contributed by atoms with van der Waals surface area (Å²) in [5, 5.41) is 3.59. The summed E-state index contributed by atoms with van der Waals surface area (Å²) in [6.45, 7) is 3.62. The Bertz CT molecular complexity index is 626. The van der Waals surface area contributed by atoms with Crippen molar-refractivity contribution in [3.05, 3.63) is 70.7 Å². The second-order valence-corrected chi connectivity index (χ2v) is 5.75. The molecule has 0 heterocycles. The van der Waals surface area contributed by atoms with Gasteiger partial charge in [0.2, 0.25) is 5.91 Å². The first-order valence-corrected chi connectivity index (χ1v) is 7.20. The Morgan fingerprint density at radius 3 is 2.48 bits per heavy atom. The first kappa shape index (κ1) is 15.5. The monoisotopic (exact) mass is 302 g/mol. The molecule has 0 radical (unpaired) electrons. The Hall–Kier alpha value is -1.84. The van der Waals surface area contributed by atoms with Gasteiger partial charge in [0.1, 0.15) is 5.54 Å². The molecule has 4 heteroatoms. The summed E-state index contributed by atoms with van der Waals surface area (Å²) in [6, 6.07) is 16.6. The predicted octanol–water partition coefficient (Wildman–Crippen LogP) is 3.39. The van der Waals surface area contributed by atoms with E-state index in [1.807, 2.05) is 55.5 Å². The first-order valence-electron chi connectivity index (χ1n) is 6.82. The Labute approximate surface area is 130 Å². The van der Waals surface area contributed by atoms with Gasteiger partial charge in [0.05, 0.1) is 6.04 Å². The lowest BCUT2D eigenvalue weighted by Gasteiger charge is -2.26. The molecular weight excluding hydrogens is 284 g/mol. The zero-order valence-electron chi connectivity index (χ0n) is 12.1. The van der Waals surface area contributed by atoms with Gasteiger partial charge in [0.25, 0.3) is 0 Å². The van der Waals surface area contributed by atoms with Gasteiger partial charge in [-0.3, -0.25) is 4.79 Å². The molecule has 0 aliphatic carbocycles. The second kappa shape index (κ2) is 6.29. The minimum atomic E-state index is -1.08. The molecule has 110 valence electrons. The van der Waals surface area contributed by atoms with E-state index in [1.165, 1.54) is 0 Å². The third kappa shape index (κ3) is 3.63. The Balaban J connectivity index is 2.14. The lowest BCUT2D eigenvalue weighted by atomic mass is 9.91. The van der Waals surface area contributed by atoms with E-state index in [1.54, 1.807) is 13.0 Å². The zero-order valence-corrected chi connectivity index (χ0v) is 12.9. The van der Waals surface area contributed by atoms with E-state index >= 15 is 0 Å². The topological polar surface area (TPSA) is 55.1 Å². The van der Waals surface area contributed by atoms with E-state index in [2.05, 4.69) is 5.32 Å². The fourth-order valence-electron chi connectivity index (χ4n) is 2.12. The zero-order chi connectivity index (χ0) is 15.5. The number of carbonyl (C=O) groups is 1. The molecule has 2 atom stereocenters. The van der Waals surface area contributed by atoms with Gasteiger partial charge in [-0.05, 0) is 37.1 Å².